The average molecular weight is 198 g/mol. The van der Waals surface area contributed by atoms with Crippen LogP contribution in [-0.2, 0) is 9.53 Å². The molecule has 2 aliphatic rings. The summed E-state index contributed by atoms with van der Waals surface area (Å²) in [6, 6.07) is 0.392. The Morgan fingerprint density at radius 2 is 2.29 bits per heavy atom. The maximum Gasteiger partial charge on any atom is 0.250 e. The molecule has 1 amide bonds. The van der Waals surface area contributed by atoms with Crippen LogP contribution in [0.5, 0.6) is 0 Å². The summed E-state index contributed by atoms with van der Waals surface area (Å²) in [7, 11) is 0. The first kappa shape index (κ1) is 9.93. The number of hydrogen-bond donors (Lipinski definition) is 2. The van der Waals surface area contributed by atoms with E-state index in [4.69, 9.17) is 4.74 Å². The Labute approximate surface area is 84.4 Å². The minimum Gasteiger partial charge on any atom is -0.366 e. The molecular weight excluding hydrogens is 180 g/mol. The molecule has 1 aliphatic carbocycles. The number of hydrogen-bond acceptors (Lipinski definition) is 3. The Morgan fingerprint density at radius 3 is 2.86 bits per heavy atom. The topological polar surface area (TPSA) is 50.4 Å². The van der Waals surface area contributed by atoms with Crippen LogP contribution in [-0.4, -0.2) is 37.7 Å². The standard InChI is InChI=1S/C10H18N2O2/c1-7-4-8(5-7)12-10(13)9-6-11-2-3-14-9/h7-9,11H,2-6H2,1H3,(H,12,13)/t7?,8?,9-/m1/s1. The molecule has 1 heterocycles. The molecule has 0 spiro atoms. The van der Waals surface area contributed by atoms with Crippen LogP contribution in [0.2, 0.25) is 0 Å². The van der Waals surface area contributed by atoms with Gasteiger partial charge in [0.25, 0.3) is 5.91 Å². The van der Waals surface area contributed by atoms with E-state index in [1.54, 1.807) is 0 Å². The van der Waals surface area contributed by atoms with Gasteiger partial charge in [0.2, 0.25) is 0 Å². The van der Waals surface area contributed by atoms with Crippen molar-refractivity contribution in [3.63, 3.8) is 0 Å². The fourth-order valence-electron chi connectivity index (χ4n) is 2.05. The Bertz CT molecular complexity index is 208. The average Bonchev–Trinajstić information content (AvgIpc) is 2.17. The summed E-state index contributed by atoms with van der Waals surface area (Å²) in [6.07, 6.45) is 1.96. The molecule has 14 heavy (non-hydrogen) atoms. The van der Waals surface area contributed by atoms with Gasteiger partial charge in [-0.25, -0.2) is 0 Å². The van der Waals surface area contributed by atoms with Gasteiger partial charge in [0.05, 0.1) is 6.61 Å². The van der Waals surface area contributed by atoms with E-state index < -0.39 is 0 Å². The Hall–Kier alpha value is -0.610. The van der Waals surface area contributed by atoms with Crippen LogP contribution in [0.1, 0.15) is 19.8 Å². The summed E-state index contributed by atoms with van der Waals surface area (Å²) in [6.45, 7) is 4.35. The van der Waals surface area contributed by atoms with E-state index in [0.717, 1.165) is 25.3 Å². The van der Waals surface area contributed by atoms with Gasteiger partial charge in [-0.2, -0.15) is 0 Å². The van der Waals surface area contributed by atoms with Crippen LogP contribution >= 0.6 is 0 Å². The van der Waals surface area contributed by atoms with E-state index in [2.05, 4.69) is 17.6 Å². The molecule has 2 rings (SSSR count). The van der Waals surface area contributed by atoms with Crippen molar-refractivity contribution in [2.24, 2.45) is 5.92 Å². The SMILES string of the molecule is CC1CC(NC(=O)[C@H]2CNCCO2)C1. The van der Waals surface area contributed by atoms with Gasteiger partial charge >= 0.3 is 0 Å². The molecule has 4 heteroatoms. The molecule has 0 bridgehead atoms. The van der Waals surface area contributed by atoms with Gasteiger partial charge in [-0.3, -0.25) is 4.79 Å². The number of rotatable bonds is 2. The summed E-state index contributed by atoms with van der Waals surface area (Å²) in [4.78, 5) is 11.6. The monoisotopic (exact) mass is 198 g/mol. The zero-order valence-corrected chi connectivity index (χ0v) is 8.58. The molecule has 0 radical (unpaired) electrons. The van der Waals surface area contributed by atoms with Crippen LogP contribution in [0.15, 0.2) is 0 Å². The van der Waals surface area contributed by atoms with Crippen molar-refractivity contribution in [1.82, 2.24) is 10.6 Å². The first-order valence-electron chi connectivity index (χ1n) is 5.38. The second-order valence-corrected chi connectivity index (χ2v) is 4.35. The molecule has 4 nitrogen and oxygen atoms in total. The lowest BCUT2D eigenvalue weighted by Crippen LogP contribution is -2.52. The molecule has 1 saturated carbocycles. The van der Waals surface area contributed by atoms with E-state index in [-0.39, 0.29) is 12.0 Å². The van der Waals surface area contributed by atoms with Crippen molar-refractivity contribution in [3.05, 3.63) is 0 Å². The minimum absolute atomic E-state index is 0.0501. The lowest BCUT2D eigenvalue weighted by Gasteiger charge is -2.34. The van der Waals surface area contributed by atoms with Crippen molar-refractivity contribution < 1.29 is 9.53 Å². The summed E-state index contributed by atoms with van der Waals surface area (Å²) in [5.74, 6) is 0.819. The molecule has 2 N–H and O–H groups in total. The summed E-state index contributed by atoms with van der Waals surface area (Å²) >= 11 is 0. The smallest absolute Gasteiger partial charge is 0.250 e. The molecule has 0 aromatic heterocycles. The van der Waals surface area contributed by atoms with Gasteiger partial charge in [0.1, 0.15) is 6.10 Å². The van der Waals surface area contributed by atoms with E-state index in [9.17, 15) is 4.79 Å². The van der Waals surface area contributed by atoms with Crippen LogP contribution in [0, 0.1) is 5.92 Å². The van der Waals surface area contributed by atoms with Crippen molar-refractivity contribution in [3.8, 4) is 0 Å². The van der Waals surface area contributed by atoms with Gasteiger partial charge in [0, 0.05) is 19.1 Å². The van der Waals surface area contributed by atoms with Gasteiger partial charge < -0.3 is 15.4 Å². The van der Waals surface area contributed by atoms with Crippen LogP contribution < -0.4 is 10.6 Å². The number of nitrogens with one attached hydrogen (secondary N) is 2. The van der Waals surface area contributed by atoms with Gasteiger partial charge in [-0.1, -0.05) is 6.92 Å². The van der Waals surface area contributed by atoms with Gasteiger partial charge in [0.15, 0.2) is 0 Å². The zero-order valence-electron chi connectivity index (χ0n) is 8.58. The molecule has 0 aromatic carbocycles. The third-order valence-electron chi connectivity index (χ3n) is 2.94. The van der Waals surface area contributed by atoms with E-state index >= 15 is 0 Å². The second kappa shape index (κ2) is 4.28. The maximum absolute atomic E-state index is 11.6. The predicted molar refractivity (Wildman–Crippen MR) is 52.9 cm³/mol. The highest BCUT2D eigenvalue weighted by Crippen LogP contribution is 2.26. The largest absolute Gasteiger partial charge is 0.366 e. The Balaban J connectivity index is 1.71. The number of carbonyl (C=O) groups excluding carboxylic acids is 1. The maximum atomic E-state index is 11.6. The third kappa shape index (κ3) is 2.25. The van der Waals surface area contributed by atoms with E-state index in [1.165, 1.54) is 0 Å². The second-order valence-electron chi connectivity index (χ2n) is 4.35. The van der Waals surface area contributed by atoms with Crippen molar-refractivity contribution in [2.75, 3.05) is 19.7 Å². The molecule has 1 saturated heterocycles. The highest BCUT2D eigenvalue weighted by atomic mass is 16.5. The van der Waals surface area contributed by atoms with Gasteiger partial charge in [-0.05, 0) is 18.8 Å². The highest BCUT2D eigenvalue weighted by Gasteiger charge is 2.30. The molecule has 1 aliphatic heterocycles. The van der Waals surface area contributed by atoms with E-state index in [1.807, 2.05) is 0 Å². The first-order valence-corrected chi connectivity index (χ1v) is 5.38. The fourth-order valence-corrected chi connectivity index (χ4v) is 2.05. The fraction of sp³-hybridized carbons (Fsp3) is 0.900. The lowest BCUT2D eigenvalue weighted by molar-refractivity contribution is -0.135. The predicted octanol–water partition coefficient (Wildman–Crippen LogP) is -0.111. The van der Waals surface area contributed by atoms with Crippen molar-refractivity contribution >= 4 is 5.91 Å². The Kier molecular flexibility index (Phi) is 3.03. The van der Waals surface area contributed by atoms with Crippen LogP contribution in [0.3, 0.4) is 0 Å². The van der Waals surface area contributed by atoms with E-state index in [0.29, 0.717) is 19.2 Å². The molecular formula is C10H18N2O2. The lowest BCUT2D eigenvalue weighted by atomic mass is 9.82. The van der Waals surface area contributed by atoms with Gasteiger partial charge in [-0.15, -0.1) is 0 Å². The normalized spacial score (nSPS) is 37.4. The van der Waals surface area contributed by atoms with Crippen molar-refractivity contribution in [1.29, 1.82) is 0 Å². The van der Waals surface area contributed by atoms with Crippen LogP contribution in [0.4, 0.5) is 0 Å². The minimum atomic E-state index is -0.278. The summed E-state index contributed by atoms with van der Waals surface area (Å²) in [5.41, 5.74) is 0. The summed E-state index contributed by atoms with van der Waals surface area (Å²) < 4.78 is 5.36. The number of ether oxygens (including phenoxy) is 1. The molecule has 1 atom stereocenters. The molecule has 0 aromatic rings. The molecule has 2 fully saturated rings. The number of morpholine rings is 1. The molecule has 0 unspecified atom stereocenters. The number of carbonyl (C=O) groups is 1. The Morgan fingerprint density at radius 1 is 1.50 bits per heavy atom. The zero-order chi connectivity index (χ0) is 9.97. The summed E-state index contributed by atoms with van der Waals surface area (Å²) in [5, 5.41) is 6.16. The van der Waals surface area contributed by atoms with Crippen LogP contribution in [0.25, 0.3) is 0 Å². The van der Waals surface area contributed by atoms with Crippen molar-refractivity contribution in [2.45, 2.75) is 31.9 Å². The quantitative estimate of drug-likeness (QED) is 0.651. The molecule has 80 valence electrons. The first-order chi connectivity index (χ1) is 6.75. The number of amides is 1. The third-order valence-corrected chi connectivity index (χ3v) is 2.94. The highest BCUT2D eigenvalue weighted by molar-refractivity contribution is 5.81.